The van der Waals surface area contributed by atoms with E-state index in [2.05, 4.69) is 25.8 Å². The average Bonchev–Trinajstić information content (AvgIpc) is 2.28. The van der Waals surface area contributed by atoms with Crippen molar-refractivity contribution in [2.75, 3.05) is 33.2 Å². The summed E-state index contributed by atoms with van der Waals surface area (Å²) in [4.78, 5) is 16.6. The number of rotatable bonds is 4. The Bertz CT molecular complexity index is 265. The van der Waals surface area contributed by atoms with Crippen molar-refractivity contribution in [2.45, 2.75) is 39.2 Å². The van der Waals surface area contributed by atoms with Gasteiger partial charge in [0.25, 0.3) is 0 Å². The van der Waals surface area contributed by atoms with E-state index in [0.29, 0.717) is 12.5 Å². The largest absolute Gasteiger partial charge is 0.339 e. The summed E-state index contributed by atoms with van der Waals surface area (Å²) in [5.41, 5.74) is 5.57. The molecular formula is C13H27N3O. The van der Waals surface area contributed by atoms with Crippen LogP contribution < -0.4 is 5.73 Å². The molecule has 1 heterocycles. The maximum absolute atomic E-state index is 12.3. The maximum atomic E-state index is 12.3. The normalized spacial score (nSPS) is 22.5. The topological polar surface area (TPSA) is 49.6 Å². The highest BCUT2D eigenvalue weighted by Gasteiger charge is 2.34. The minimum Gasteiger partial charge on any atom is -0.339 e. The zero-order valence-corrected chi connectivity index (χ0v) is 11.7. The van der Waals surface area contributed by atoms with E-state index in [0.717, 1.165) is 32.5 Å². The van der Waals surface area contributed by atoms with Crippen LogP contribution in [0.4, 0.5) is 0 Å². The number of likely N-dealkylation sites (N-methyl/N-ethyl adjacent to an activating group) is 1. The first-order chi connectivity index (χ1) is 7.88. The van der Waals surface area contributed by atoms with Gasteiger partial charge in [-0.1, -0.05) is 6.92 Å². The monoisotopic (exact) mass is 241 g/mol. The first-order valence-corrected chi connectivity index (χ1v) is 6.58. The molecule has 0 aromatic carbocycles. The van der Waals surface area contributed by atoms with E-state index in [1.807, 2.05) is 11.8 Å². The van der Waals surface area contributed by atoms with Crippen LogP contribution in [-0.4, -0.2) is 54.5 Å². The summed E-state index contributed by atoms with van der Waals surface area (Å²) in [6.45, 7) is 9.71. The molecule has 0 saturated carbocycles. The summed E-state index contributed by atoms with van der Waals surface area (Å²) in [6.07, 6.45) is 1.84. The molecule has 17 heavy (non-hydrogen) atoms. The average molecular weight is 241 g/mol. The number of amides is 1. The summed E-state index contributed by atoms with van der Waals surface area (Å²) in [6, 6.07) is 0. The van der Waals surface area contributed by atoms with Gasteiger partial charge >= 0.3 is 0 Å². The van der Waals surface area contributed by atoms with Crippen molar-refractivity contribution in [3.63, 3.8) is 0 Å². The van der Waals surface area contributed by atoms with Crippen molar-refractivity contribution in [1.82, 2.24) is 9.80 Å². The Labute approximate surface area is 105 Å². The first-order valence-electron chi connectivity index (χ1n) is 6.58. The quantitative estimate of drug-likeness (QED) is 0.796. The Balaban J connectivity index is 2.53. The molecule has 2 N–H and O–H groups in total. The Morgan fingerprint density at radius 3 is 2.59 bits per heavy atom. The summed E-state index contributed by atoms with van der Waals surface area (Å²) < 4.78 is 0. The number of nitrogens with zero attached hydrogens (tertiary/aromatic N) is 2. The summed E-state index contributed by atoms with van der Waals surface area (Å²) >= 11 is 0. The number of nitrogens with two attached hydrogens (primary N) is 1. The number of piperazine rings is 1. The molecule has 0 aromatic heterocycles. The molecule has 4 heteroatoms. The maximum Gasteiger partial charge on any atom is 0.225 e. The molecule has 0 bridgehead atoms. The molecule has 1 fully saturated rings. The molecule has 0 spiro atoms. The molecule has 0 aliphatic carbocycles. The van der Waals surface area contributed by atoms with E-state index in [4.69, 9.17) is 5.73 Å². The lowest BCUT2D eigenvalue weighted by molar-refractivity contribution is -0.139. The highest BCUT2D eigenvalue weighted by molar-refractivity contribution is 5.78. The van der Waals surface area contributed by atoms with Gasteiger partial charge in [-0.25, -0.2) is 0 Å². The van der Waals surface area contributed by atoms with Crippen LogP contribution in [0.15, 0.2) is 0 Å². The minimum absolute atomic E-state index is 0.0848. The summed E-state index contributed by atoms with van der Waals surface area (Å²) in [5.74, 6) is 0.400. The molecule has 1 unspecified atom stereocenters. The fourth-order valence-corrected chi connectivity index (χ4v) is 2.29. The van der Waals surface area contributed by atoms with Gasteiger partial charge in [-0.05, 0) is 40.3 Å². The van der Waals surface area contributed by atoms with Crippen LogP contribution in [0.5, 0.6) is 0 Å². The smallest absolute Gasteiger partial charge is 0.225 e. The predicted octanol–water partition coefficient (Wildman–Crippen LogP) is 0.914. The fraction of sp³-hybridized carbons (Fsp3) is 0.923. The van der Waals surface area contributed by atoms with Gasteiger partial charge in [-0.3, -0.25) is 9.69 Å². The van der Waals surface area contributed by atoms with Gasteiger partial charge < -0.3 is 10.6 Å². The van der Waals surface area contributed by atoms with Crippen LogP contribution in [0.25, 0.3) is 0 Å². The third-order valence-corrected chi connectivity index (χ3v) is 3.89. The van der Waals surface area contributed by atoms with Gasteiger partial charge in [0, 0.05) is 31.1 Å². The molecule has 1 aliphatic heterocycles. The Morgan fingerprint density at radius 1 is 1.41 bits per heavy atom. The molecule has 4 nitrogen and oxygen atoms in total. The third kappa shape index (κ3) is 3.68. The highest BCUT2D eigenvalue weighted by atomic mass is 16.2. The summed E-state index contributed by atoms with van der Waals surface area (Å²) in [5, 5.41) is 0. The van der Waals surface area contributed by atoms with Crippen LogP contribution in [-0.2, 0) is 4.79 Å². The number of hydrogen-bond donors (Lipinski definition) is 1. The molecule has 0 aromatic rings. The van der Waals surface area contributed by atoms with Crippen molar-refractivity contribution in [3.05, 3.63) is 0 Å². The second-order valence-corrected chi connectivity index (χ2v) is 5.83. The van der Waals surface area contributed by atoms with Gasteiger partial charge in [0.2, 0.25) is 5.91 Å². The molecule has 1 atom stereocenters. The van der Waals surface area contributed by atoms with Gasteiger partial charge in [-0.2, -0.15) is 0 Å². The van der Waals surface area contributed by atoms with E-state index < -0.39 is 0 Å². The summed E-state index contributed by atoms with van der Waals surface area (Å²) in [7, 11) is 2.12. The molecule has 1 aliphatic rings. The lowest BCUT2D eigenvalue weighted by Gasteiger charge is -2.46. The van der Waals surface area contributed by atoms with Gasteiger partial charge in [0.05, 0.1) is 0 Å². The van der Waals surface area contributed by atoms with E-state index in [9.17, 15) is 4.79 Å². The minimum atomic E-state index is 0.0848. The lowest BCUT2D eigenvalue weighted by atomic mass is 9.97. The van der Waals surface area contributed by atoms with Crippen molar-refractivity contribution < 1.29 is 4.79 Å². The molecule has 1 rings (SSSR count). The van der Waals surface area contributed by atoms with Crippen LogP contribution in [0.3, 0.4) is 0 Å². The van der Waals surface area contributed by atoms with Gasteiger partial charge in [0.1, 0.15) is 0 Å². The third-order valence-electron chi connectivity index (χ3n) is 3.89. The lowest BCUT2D eigenvalue weighted by Crippen LogP contribution is -2.59. The molecule has 0 radical (unpaired) electrons. The van der Waals surface area contributed by atoms with Crippen LogP contribution in [0.1, 0.15) is 33.6 Å². The van der Waals surface area contributed by atoms with E-state index in [-0.39, 0.29) is 11.5 Å². The van der Waals surface area contributed by atoms with Crippen LogP contribution in [0.2, 0.25) is 0 Å². The second kappa shape index (κ2) is 5.83. The molecule has 100 valence electrons. The van der Waals surface area contributed by atoms with E-state index >= 15 is 0 Å². The SMILES string of the molecule is CC(CCCN)C(=O)N1CCN(C)C(C)(C)C1. The van der Waals surface area contributed by atoms with Crippen molar-refractivity contribution in [3.8, 4) is 0 Å². The van der Waals surface area contributed by atoms with Gasteiger partial charge in [0.15, 0.2) is 0 Å². The zero-order chi connectivity index (χ0) is 13.1. The number of carbonyl (C=O) groups is 1. The second-order valence-electron chi connectivity index (χ2n) is 5.83. The Kier molecular flexibility index (Phi) is 4.95. The first kappa shape index (κ1) is 14.5. The van der Waals surface area contributed by atoms with Crippen molar-refractivity contribution in [1.29, 1.82) is 0 Å². The highest BCUT2D eigenvalue weighted by Crippen LogP contribution is 2.21. The predicted molar refractivity (Wildman–Crippen MR) is 70.7 cm³/mol. The zero-order valence-electron chi connectivity index (χ0n) is 11.7. The standard InChI is InChI=1S/C13H27N3O/c1-11(6-5-7-14)12(17)16-9-8-15(4)13(2,3)10-16/h11H,5-10,14H2,1-4H3. The Hall–Kier alpha value is -0.610. The van der Waals surface area contributed by atoms with E-state index in [1.54, 1.807) is 0 Å². The molecular weight excluding hydrogens is 214 g/mol. The van der Waals surface area contributed by atoms with Crippen molar-refractivity contribution >= 4 is 5.91 Å². The Morgan fingerprint density at radius 2 is 2.06 bits per heavy atom. The molecule has 1 saturated heterocycles. The number of carbonyl (C=O) groups excluding carboxylic acids is 1. The number of hydrogen-bond acceptors (Lipinski definition) is 3. The van der Waals surface area contributed by atoms with Crippen molar-refractivity contribution in [2.24, 2.45) is 11.7 Å². The van der Waals surface area contributed by atoms with Crippen LogP contribution in [0, 0.1) is 5.92 Å². The fourth-order valence-electron chi connectivity index (χ4n) is 2.29. The molecule has 1 amide bonds. The van der Waals surface area contributed by atoms with Gasteiger partial charge in [-0.15, -0.1) is 0 Å². The van der Waals surface area contributed by atoms with E-state index in [1.165, 1.54) is 0 Å². The van der Waals surface area contributed by atoms with Crippen LogP contribution >= 0.6 is 0 Å².